The first-order valence-corrected chi connectivity index (χ1v) is 6.74. The maximum absolute atomic E-state index is 13.6. The highest BCUT2D eigenvalue weighted by atomic mass is 19.1. The molecule has 2 N–H and O–H groups in total. The molecule has 108 valence electrons. The van der Waals surface area contributed by atoms with Crippen LogP contribution in [0, 0.1) is 17.1 Å². The highest BCUT2D eigenvalue weighted by Gasteiger charge is 2.06. The van der Waals surface area contributed by atoms with Gasteiger partial charge in [-0.1, -0.05) is 18.2 Å². The third-order valence-electron chi connectivity index (χ3n) is 3.02. The number of benzene rings is 2. The summed E-state index contributed by atoms with van der Waals surface area (Å²) in [7, 11) is 0. The van der Waals surface area contributed by atoms with Crippen LogP contribution < -0.4 is 10.5 Å². The third kappa shape index (κ3) is 4.30. The van der Waals surface area contributed by atoms with Gasteiger partial charge in [-0.3, -0.25) is 0 Å². The molecular weight excluding hydrogens is 267 g/mol. The molecule has 21 heavy (non-hydrogen) atoms. The van der Waals surface area contributed by atoms with Gasteiger partial charge < -0.3 is 10.5 Å². The molecule has 0 aliphatic heterocycles. The molecule has 0 aromatic heterocycles. The summed E-state index contributed by atoms with van der Waals surface area (Å²) in [6, 6.07) is 13.8. The Morgan fingerprint density at radius 3 is 2.76 bits per heavy atom. The van der Waals surface area contributed by atoms with E-state index in [0.717, 1.165) is 11.1 Å². The lowest BCUT2D eigenvalue weighted by atomic mass is 10.1. The maximum atomic E-state index is 13.6. The van der Waals surface area contributed by atoms with Crippen molar-refractivity contribution in [3.05, 3.63) is 65.0 Å². The zero-order valence-electron chi connectivity index (χ0n) is 11.8. The zero-order chi connectivity index (χ0) is 15.2. The average molecular weight is 284 g/mol. The Hall–Kier alpha value is -2.38. The van der Waals surface area contributed by atoms with Crippen LogP contribution in [0.4, 0.5) is 4.39 Å². The summed E-state index contributed by atoms with van der Waals surface area (Å²) >= 11 is 0. The van der Waals surface area contributed by atoms with Crippen molar-refractivity contribution < 1.29 is 9.13 Å². The number of halogens is 1. The van der Waals surface area contributed by atoms with Crippen molar-refractivity contribution in [2.75, 3.05) is 0 Å². The van der Waals surface area contributed by atoms with Gasteiger partial charge in [-0.05, 0) is 37.1 Å². The second-order valence-corrected chi connectivity index (χ2v) is 5.03. The van der Waals surface area contributed by atoms with Gasteiger partial charge in [0, 0.05) is 17.7 Å². The molecule has 0 amide bonds. The molecule has 1 unspecified atom stereocenters. The summed E-state index contributed by atoms with van der Waals surface area (Å²) in [6.07, 6.45) is 0.586. The molecule has 2 aromatic rings. The summed E-state index contributed by atoms with van der Waals surface area (Å²) < 4.78 is 19.2. The van der Waals surface area contributed by atoms with Crippen LogP contribution in [0.5, 0.6) is 5.75 Å². The fraction of sp³-hybridized carbons (Fsp3) is 0.235. The summed E-state index contributed by atoms with van der Waals surface area (Å²) in [5.41, 5.74) is 7.86. The molecule has 3 nitrogen and oxygen atoms in total. The quantitative estimate of drug-likeness (QED) is 0.917. The predicted octanol–water partition coefficient (Wildman–Crippen LogP) is 3.17. The van der Waals surface area contributed by atoms with Gasteiger partial charge in [0.2, 0.25) is 0 Å². The summed E-state index contributed by atoms with van der Waals surface area (Å²) in [5, 5.41) is 9.02. The van der Waals surface area contributed by atoms with Crippen LogP contribution >= 0.6 is 0 Å². The van der Waals surface area contributed by atoms with Gasteiger partial charge in [-0.2, -0.15) is 5.26 Å². The number of hydrogen-bond donors (Lipinski definition) is 1. The van der Waals surface area contributed by atoms with Crippen LogP contribution in [0.1, 0.15) is 23.6 Å². The summed E-state index contributed by atoms with van der Waals surface area (Å²) in [4.78, 5) is 0. The van der Waals surface area contributed by atoms with Crippen molar-refractivity contribution in [2.45, 2.75) is 26.0 Å². The van der Waals surface area contributed by atoms with Gasteiger partial charge in [-0.25, -0.2) is 4.39 Å². The maximum Gasteiger partial charge on any atom is 0.127 e. The SMILES string of the molecule is CC(N)Cc1cc(F)cc(OCc2ccccc2C#N)c1. The molecule has 0 aliphatic carbocycles. The van der Waals surface area contributed by atoms with Crippen LogP contribution in [0.25, 0.3) is 0 Å². The number of hydrogen-bond acceptors (Lipinski definition) is 3. The van der Waals surface area contributed by atoms with Gasteiger partial charge in [0.15, 0.2) is 0 Å². The molecule has 1 atom stereocenters. The van der Waals surface area contributed by atoms with Gasteiger partial charge in [0.05, 0.1) is 11.6 Å². The van der Waals surface area contributed by atoms with Crippen molar-refractivity contribution in [1.29, 1.82) is 5.26 Å². The number of rotatable bonds is 5. The zero-order valence-corrected chi connectivity index (χ0v) is 11.8. The summed E-state index contributed by atoms with van der Waals surface area (Å²) in [6.45, 7) is 2.10. The smallest absolute Gasteiger partial charge is 0.127 e. The van der Waals surface area contributed by atoms with Gasteiger partial charge in [0.25, 0.3) is 0 Å². The lowest BCUT2D eigenvalue weighted by molar-refractivity contribution is 0.304. The van der Waals surface area contributed by atoms with E-state index in [4.69, 9.17) is 15.7 Å². The Morgan fingerprint density at radius 1 is 1.29 bits per heavy atom. The van der Waals surface area contributed by atoms with Gasteiger partial charge in [-0.15, -0.1) is 0 Å². The lowest BCUT2D eigenvalue weighted by Crippen LogP contribution is -2.17. The number of nitriles is 1. The van der Waals surface area contributed by atoms with E-state index in [-0.39, 0.29) is 18.5 Å². The molecule has 0 fully saturated rings. The first-order chi connectivity index (χ1) is 10.1. The van der Waals surface area contributed by atoms with Crippen molar-refractivity contribution in [2.24, 2.45) is 5.73 Å². The van der Waals surface area contributed by atoms with E-state index in [0.29, 0.717) is 17.7 Å². The molecule has 0 aliphatic rings. The van der Waals surface area contributed by atoms with Crippen molar-refractivity contribution in [1.82, 2.24) is 0 Å². The fourth-order valence-electron chi connectivity index (χ4n) is 2.11. The molecule has 2 rings (SSSR count). The highest BCUT2D eigenvalue weighted by Crippen LogP contribution is 2.19. The molecule has 0 spiro atoms. The lowest BCUT2D eigenvalue weighted by Gasteiger charge is -2.11. The fourth-order valence-corrected chi connectivity index (χ4v) is 2.11. The molecule has 4 heteroatoms. The Bertz CT molecular complexity index is 662. The van der Waals surface area contributed by atoms with E-state index in [1.807, 2.05) is 19.1 Å². The minimum Gasteiger partial charge on any atom is -0.489 e. The minimum absolute atomic E-state index is 0.0426. The van der Waals surface area contributed by atoms with Crippen molar-refractivity contribution in [3.8, 4) is 11.8 Å². The Kier molecular flexibility index (Phi) is 4.91. The van der Waals surface area contributed by atoms with Crippen molar-refractivity contribution >= 4 is 0 Å². The first-order valence-electron chi connectivity index (χ1n) is 6.74. The number of ether oxygens (including phenoxy) is 1. The third-order valence-corrected chi connectivity index (χ3v) is 3.02. The second kappa shape index (κ2) is 6.87. The summed E-state index contributed by atoms with van der Waals surface area (Å²) in [5.74, 6) is 0.0927. The minimum atomic E-state index is -0.350. The largest absolute Gasteiger partial charge is 0.489 e. The first kappa shape index (κ1) is 15.0. The number of nitrogens with two attached hydrogens (primary N) is 1. The van der Waals surface area contributed by atoms with E-state index in [1.165, 1.54) is 12.1 Å². The average Bonchev–Trinajstić information content (AvgIpc) is 2.44. The molecule has 0 bridgehead atoms. The normalized spacial score (nSPS) is 11.7. The van der Waals surface area contributed by atoms with E-state index in [9.17, 15) is 4.39 Å². The van der Waals surface area contributed by atoms with Crippen LogP contribution in [-0.2, 0) is 13.0 Å². The van der Waals surface area contributed by atoms with Gasteiger partial charge >= 0.3 is 0 Å². The number of nitrogens with zero attached hydrogens (tertiary/aromatic N) is 1. The Morgan fingerprint density at radius 2 is 2.05 bits per heavy atom. The molecule has 0 heterocycles. The molecule has 0 saturated carbocycles. The van der Waals surface area contributed by atoms with Crippen LogP contribution in [0.2, 0.25) is 0 Å². The van der Waals surface area contributed by atoms with Crippen LogP contribution in [0.3, 0.4) is 0 Å². The van der Waals surface area contributed by atoms with E-state index in [1.54, 1.807) is 18.2 Å². The monoisotopic (exact) mass is 284 g/mol. The molecular formula is C17H17FN2O. The topological polar surface area (TPSA) is 59.0 Å². The molecule has 0 radical (unpaired) electrons. The van der Waals surface area contributed by atoms with E-state index >= 15 is 0 Å². The standard InChI is InChI=1S/C17H17FN2O/c1-12(20)6-13-7-16(18)9-17(8-13)21-11-15-5-3-2-4-14(15)10-19/h2-5,7-9,12H,6,11,20H2,1H3. The van der Waals surface area contributed by atoms with Crippen molar-refractivity contribution in [3.63, 3.8) is 0 Å². The molecule has 0 saturated heterocycles. The van der Waals surface area contributed by atoms with Crippen LogP contribution in [-0.4, -0.2) is 6.04 Å². The molecule has 2 aromatic carbocycles. The predicted molar refractivity (Wildman–Crippen MR) is 79.2 cm³/mol. The Labute approximate surface area is 123 Å². The highest BCUT2D eigenvalue weighted by molar-refractivity contribution is 5.37. The second-order valence-electron chi connectivity index (χ2n) is 5.03. The van der Waals surface area contributed by atoms with Gasteiger partial charge in [0.1, 0.15) is 18.2 Å². The van der Waals surface area contributed by atoms with E-state index < -0.39 is 0 Å². The van der Waals surface area contributed by atoms with Crippen LogP contribution in [0.15, 0.2) is 42.5 Å². The van der Waals surface area contributed by atoms with E-state index in [2.05, 4.69) is 6.07 Å². The Balaban J connectivity index is 2.13.